The highest BCUT2D eigenvalue weighted by molar-refractivity contribution is 5.69. The zero-order chi connectivity index (χ0) is 18.4. The van der Waals surface area contributed by atoms with Crippen molar-refractivity contribution in [3.8, 4) is 5.75 Å². The van der Waals surface area contributed by atoms with E-state index in [0.29, 0.717) is 5.75 Å². The summed E-state index contributed by atoms with van der Waals surface area (Å²) in [5, 5.41) is 3.59. The first-order chi connectivity index (χ1) is 11.8. The van der Waals surface area contributed by atoms with Crippen LogP contribution in [0.4, 0.5) is 9.59 Å². The SMILES string of the molecule is CC(C)(C)OC(=O)N1C[C@H](N=[N+]=[N-])[C@@H](OC(=O)Oc2ccccc2)C1. The van der Waals surface area contributed by atoms with Crippen LogP contribution in [-0.4, -0.2) is 48.0 Å². The fraction of sp³-hybridized carbons (Fsp3) is 0.500. The molecule has 2 atom stereocenters. The van der Waals surface area contributed by atoms with Gasteiger partial charge >= 0.3 is 12.2 Å². The van der Waals surface area contributed by atoms with Gasteiger partial charge in [0.25, 0.3) is 0 Å². The van der Waals surface area contributed by atoms with Crippen LogP contribution in [0, 0.1) is 0 Å². The van der Waals surface area contributed by atoms with Gasteiger partial charge in [-0.15, -0.1) is 0 Å². The van der Waals surface area contributed by atoms with E-state index < -0.39 is 30.0 Å². The molecule has 0 radical (unpaired) electrons. The third-order valence-electron chi connectivity index (χ3n) is 3.28. The number of carbonyl (C=O) groups is 2. The van der Waals surface area contributed by atoms with Crippen LogP contribution in [0.2, 0.25) is 0 Å². The second-order valence-electron chi connectivity index (χ2n) is 6.48. The standard InChI is InChI=1S/C16H20N4O5/c1-16(2,3)25-14(21)20-9-12(18-19-17)13(10-20)24-15(22)23-11-7-5-4-6-8-11/h4-8,12-13H,9-10H2,1-3H3/t12-,13-/m0/s1. The average Bonchev–Trinajstić information content (AvgIpc) is 2.90. The number of ether oxygens (including phenoxy) is 3. The highest BCUT2D eigenvalue weighted by Gasteiger charge is 2.39. The van der Waals surface area contributed by atoms with E-state index in [0.717, 1.165) is 0 Å². The van der Waals surface area contributed by atoms with Gasteiger partial charge in [0.15, 0.2) is 0 Å². The van der Waals surface area contributed by atoms with Crippen molar-refractivity contribution in [2.75, 3.05) is 13.1 Å². The molecule has 0 unspecified atom stereocenters. The van der Waals surface area contributed by atoms with E-state index >= 15 is 0 Å². The van der Waals surface area contributed by atoms with E-state index in [2.05, 4.69) is 10.0 Å². The van der Waals surface area contributed by atoms with Crippen LogP contribution in [-0.2, 0) is 9.47 Å². The quantitative estimate of drug-likeness (QED) is 0.273. The molecule has 1 saturated heterocycles. The van der Waals surface area contributed by atoms with E-state index in [4.69, 9.17) is 19.7 Å². The Bertz CT molecular complexity index is 667. The maximum atomic E-state index is 12.1. The number of hydrogen-bond acceptors (Lipinski definition) is 6. The molecule has 1 fully saturated rings. The highest BCUT2D eigenvalue weighted by Crippen LogP contribution is 2.21. The lowest BCUT2D eigenvalue weighted by Crippen LogP contribution is -2.36. The minimum atomic E-state index is -0.930. The summed E-state index contributed by atoms with van der Waals surface area (Å²) in [5.41, 5.74) is 8.02. The molecule has 2 rings (SSSR count). The minimum absolute atomic E-state index is 0.0580. The molecule has 0 aromatic heterocycles. The van der Waals surface area contributed by atoms with Crippen molar-refractivity contribution in [2.45, 2.75) is 38.5 Å². The predicted molar refractivity (Wildman–Crippen MR) is 88.1 cm³/mol. The topological polar surface area (TPSA) is 114 Å². The van der Waals surface area contributed by atoms with Gasteiger partial charge in [-0.2, -0.15) is 0 Å². The van der Waals surface area contributed by atoms with Crippen LogP contribution in [0.15, 0.2) is 35.4 Å². The Labute approximate surface area is 145 Å². The molecule has 0 spiro atoms. The summed E-state index contributed by atoms with van der Waals surface area (Å²) in [6, 6.07) is 7.71. The number of amides is 1. The first kappa shape index (κ1) is 18.4. The molecular formula is C16H20N4O5. The van der Waals surface area contributed by atoms with Gasteiger partial charge in [0.1, 0.15) is 17.5 Å². The van der Waals surface area contributed by atoms with Gasteiger partial charge in [-0.05, 0) is 38.4 Å². The molecule has 0 N–H and O–H groups in total. The van der Waals surface area contributed by atoms with Gasteiger partial charge in [-0.1, -0.05) is 23.3 Å². The van der Waals surface area contributed by atoms with E-state index in [1.807, 2.05) is 0 Å². The Hall–Kier alpha value is -2.93. The zero-order valence-electron chi connectivity index (χ0n) is 14.3. The van der Waals surface area contributed by atoms with E-state index in [1.54, 1.807) is 51.1 Å². The Morgan fingerprint density at radius 3 is 2.52 bits per heavy atom. The van der Waals surface area contributed by atoms with Gasteiger partial charge < -0.3 is 19.1 Å². The molecule has 9 heteroatoms. The van der Waals surface area contributed by atoms with E-state index in [-0.39, 0.29) is 13.1 Å². The van der Waals surface area contributed by atoms with Crippen LogP contribution >= 0.6 is 0 Å². The van der Waals surface area contributed by atoms with Crippen molar-refractivity contribution in [3.63, 3.8) is 0 Å². The number of carbonyl (C=O) groups excluding carboxylic acids is 2. The Kier molecular flexibility index (Phi) is 5.71. The number of nitrogens with zero attached hydrogens (tertiary/aromatic N) is 4. The first-order valence-electron chi connectivity index (χ1n) is 7.74. The molecule has 1 aromatic carbocycles. The van der Waals surface area contributed by atoms with Gasteiger partial charge in [0, 0.05) is 11.5 Å². The number of likely N-dealkylation sites (tertiary alicyclic amines) is 1. The monoisotopic (exact) mass is 348 g/mol. The van der Waals surface area contributed by atoms with Gasteiger partial charge in [-0.25, -0.2) is 9.59 Å². The van der Waals surface area contributed by atoms with Gasteiger partial charge in [0.2, 0.25) is 0 Å². The lowest BCUT2D eigenvalue weighted by Gasteiger charge is -2.24. The van der Waals surface area contributed by atoms with Crippen LogP contribution < -0.4 is 4.74 Å². The number of hydrogen-bond donors (Lipinski definition) is 0. The van der Waals surface area contributed by atoms with Crippen LogP contribution in [0.3, 0.4) is 0 Å². The van der Waals surface area contributed by atoms with E-state index in [9.17, 15) is 9.59 Å². The number of rotatable bonds is 3. The predicted octanol–water partition coefficient (Wildman–Crippen LogP) is 3.50. The highest BCUT2D eigenvalue weighted by atomic mass is 16.7. The fourth-order valence-corrected chi connectivity index (χ4v) is 2.26. The third-order valence-corrected chi connectivity index (χ3v) is 3.28. The number of azide groups is 1. The van der Waals surface area contributed by atoms with E-state index in [1.165, 1.54) is 4.90 Å². The molecule has 1 aliphatic heterocycles. The van der Waals surface area contributed by atoms with Crippen LogP contribution in [0.25, 0.3) is 10.4 Å². The maximum absolute atomic E-state index is 12.1. The molecule has 1 aliphatic rings. The molecule has 0 aliphatic carbocycles. The smallest absolute Gasteiger partial charge is 0.444 e. The Morgan fingerprint density at radius 1 is 1.24 bits per heavy atom. The Morgan fingerprint density at radius 2 is 1.92 bits per heavy atom. The van der Waals surface area contributed by atoms with Crippen LogP contribution in [0.5, 0.6) is 5.75 Å². The Balaban J connectivity index is 1.99. The van der Waals surface area contributed by atoms with Crippen molar-refractivity contribution >= 4 is 12.2 Å². The summed E-state index contributed by atoms with van der Waals surface area (Å²) in [6.07, 6.45) is -2.30. The van der Waals surface area contributed by atoms with Crippen molar-refractivity contribution in [1.29, 1.82) is 0 Å². The second kappa shape index (κ2) is 7.76. The number of benzene rings is 1. The van der Waals surface area contributed by atoms with Gasteiger partial charge in [0.05, 0.1) is 12.6 Å². The second-order valence-corrected chi connectivity index (χ2v) is 6.48. The molecule has 1 heterocycles. The summed E-state index contributed by atoms with van der Waals surface area (Å²) >= 11 is 0. The largest absolute Gasteiger partial charge is 0.514 e. The minimum Gasteiger partial charge on any atom is -0.444 e. The zero-order valence-corrected chi connectivity index (χ0v) is 14.3. The summed E-state index contributed by atoms with van der Waals surface area (Å²) < 4.78 is 15.5. The lowest BCUT2D eigenvalue weighted by atomic mass is 10.2. The molecule has 9 nitrogen and oxygen atoms in total. The molecule has 25 heavy (non-hydrogen) atoms. The van der Waals surface area contributed by atoms with Crippen LogP contribution in [0.1, 0.15) is 20.8 Å². The van der Waals surface area contributed by atoms with Crippen molar-refractivity contribution in [3.05, 3.63) is 40.8 Å². The van der Waals surface area contributed by atoms with Gasteiger partial charge in [-0.3, -0.25) is 0 Å². The molecule has 134 valence electrons. The molecule has 1 aromatic rings. The third kappa shape index (κ3) is 5.58. The van der Waals surface area contributed by atoms with Crippen molar-refractivity contribution < 1.29 is 23.8 Å². The summed E-state index contributed by atoms with van der Waals surface area (Å²) in [6.45, 7) is 5.40. The van der Waals surface area contributed by atoms with Crippen molar-refractivity contribution in [1.82, 2.24) is 4.90 Å². The van der Waals surface area contributed by atoms with Crippen molar-refractivity contribution in [2.24, 2.45) is 5.11 Å². The summed E-state index contributed by atoms with van der Waals surface area (Å²) in [5.74, 6) is 0.329. The molecule has 0 saturated carbocycles. The summed E-state index contributed by atoms with van der Waals surface area (Å²) in [4.78, 5) is 28.1. The molecular weight excluding hydrogens is 328 g/mol. The lowest BCUT2D eigenvalue weighted by molar-refractivity contribution is 0.0232. The molecule has 0 bridgehead atoms. The normalized spacial score (nSPS) is 19.7. The average molecular weight is 348 g/mol. The number of para-hydroxylation sites is 1. The maximum Gasteiger partial charge on any atom is 0.514 e. The fourth-order valence-electron chi connectivity index (χ4n) is 2.26. The first-order valence-corrected chi connectivity index (χ1v) is 7.74. The summed E-state index contributed by atoms with van der Waals surface area (Å²) in [7, 11) is 0. The molecule has 1 amide bonds.